The van der Waals surface area contributed by atoms with Crippen LogP contribution in [0.3, 0.4) is 0 Å². The second-order valence-corrected chi connectivity index (χ2v) is 7.10. The molecule has 0 saturated carbocycles. The number of benzene rings is 2. The number of nitrogens with zero attached hydrogens (tertiary/aromatic N) is 1. The maximum Gasteiger partial charge on any atom is 0.283 e. The lowest BCUT2D eigenvalue weighted by Gasteiger charge is -2.04. The van der Waals surface area contributed by atoms with Crippen molar-refractivity contribution in [1.82, 2.24) is 5.43 Å². The summed E-state index contributed by atoms with van der Waals surface area (Å²) < 4.78 is 6.26. The first-order valence-electron chi connectivity index (χ1n) is 7.66. The predicted octanol–water partition coefficient (Wildman–Crippen LogP) is 4.94. The molecule has 0 bridgehead atoms. The van der Waals surface area contributed by atoms with E-state index in [4.69, 9.17) is 16.3 Å². The Hall–Kier alpha value is -2.37. The van der Waals surface area contributed by atoms with Crippen molar-refractivity contribution in [3.63, 3.8) is 0 Å². The first-order chi connectivity index (χ1) is 12.0. The van der Waals surface area contributed by atoms with E-state index in [0.29, 0.717) is 9.90 Å². The fourth-order valence-electron chi connectivity index (χ4n) is 2.45. The molecule has 3 rings (SSSR count). The van der Waals surface area contributed by atoms with Crippen molar-refractivity contribution in [2.75, 3.05) is 7.11 Å². The number of amides is 1. The predicted molar refractivity (Wildman–Crippen MR) is 104 cm³/mol. The third-order valence-corrected chi connectivity index (χ3v) is 5.46. The highest BCUT2D eigenvalue weighted by Gasteiger charge is 2.16. The highest BCUT2D eigenvalue weighted by molar-refractivity contribution is 7.21. The maximum atomic E-state index is 12.4. The summed E-state index contributed by atoms with van der Waals surface area (Å²) in [4.78, 5) is 12.8. The minimum atomic E-state index is -0.320. The number of rotatable bonds is 4. The van der Waals surface area contributed by atoms with Gasteiger partial charge in [0.2, 0.25) is 0 Å². The highest BCUT2D eigenvalue weighted by Crippen LogP contribution is 2.35. The van der Waals surface area contributed by atoms with Crippen LogP contribution in [0.25, 0.3) is 10.1 Å². The van der Waals surface area contributed by atoms with Gasteiger partial charge in [-0.05, 0) is 42.7 Å². The van der Waals surface area contributed by atoms with Crippen LogP contribution in [0.2, 0.25) is 5.02 Å². The monoisotopic (exact) mass is 372 g/mol. The molecule has 0 saturated heterocycles. The van der Waals surface area contributed by atoms with Gasteiger partial charge in [0.1, 0.15) is 10.6 Å². The number of hydrazone groups is 1. The third kappa shape index (κ3) is 3.67. The Morgan fingerprint density at radius 2 is 2.04 bits per heavy atom. The van der Waals surface area contributed by atoms with Crippen LogP contribution in [0.15, 0.2) is 41.5 Å². The maximum absolute atomic E-state index is 12.4. The molecule has 0 spiro atoms. The fourth-order valence-corrected chi connectivity index (χ4v) is 3.96. The summed E-state index contributed by atoms with van der Waals surface area (Å²) in [5, 5.41) is 5.37. The van der Waals surface area contributed by atoms with Gasteiger partial charge in [-0.2, -0.15) is 5.10 Å². The van der Waals surface area contributed by atoms with Gasteiger partial charge in [0, 0.05) is 10.1 Å². The smallest absolute Gasteiger partial charge is 0.283 e. The van der Waals surface area contributed by atoms with E-state index in [9.17, 15) is 4.79 Å². The number of thiophene rings is 1. The minimum absolute atomic E-state index is 0.320. The molecule has 25 heavy (non-hydrogen) atoms. The lowest BCUT2D eigenvalue weighted by Crippen LogP contribution is -2.16. The van der Waals surface area contributed by atoms with Gasteiger partial charge in [0.05, 0.1) is 18.3 Å². The molecule has 6 heteroatoms. The van der Waals surface area contributed by atoms with Crippen molar-refractivity contribution >= 4 is 45.1 Å². The molecule has 0 aliphatic heterocycles. The second kappa shape index (κ2) is 7.25. The summed E-state index contributed by atoms with van der Waals surface area (Å²) in [5.41, 5.74) is 5.53. The van der Waals surface area contributed by atoms with Crippen LogP contribution in [0, 0.1) is 13.8 Å². The third-order valence-electron chi connectivity index (χ3n) is 3.80. The molecule has 0 atom stereocenters. The number of methoxy groups -OCH3 is 1. The van der Waals surface area contributed by atoms with Crippen LogP contribution in [0.5, 0.6) is 5.75 Å². The molecule has 1 N–H and O–H groups in total. The van der Waals surface area contributed by atoms with E-state index in [1.54, 1.807) is 13.3 Å². The first-order valence-corrected chi connectivity index (χ1v) is 8.85. The summed E-state index contributed by atoms with van der Waals surface area (Å²) in [6.07, 6.45) is 1.57. The van der Waals surface area contributed by atoms with E-state index >= 15 is 0 Å². The molecule has 1 aromatic heterocycles. The molecule has 0 fully saturated rings. The quantitative estimate of drug-likeness (QED) is 0.520. The standard InChI is InChI=1S/C19H17ClN2O2S/c1-11-4-7-14-16(8-11)25-18(17(14)20)19(23)22-21-10-13-6-5-12(2)15(9-13)24-3/h4-10H,1-3H3,(H,22,23)/b21-10+. The molecule has 128 valence electrons. The van der Waals surface area contributed by atoms with Crippen LogP contribution in [0.4, 0.5) is 0 Å². The molecule has 3 aromatic rings. The number of hydrogen-bond acceptors (Lipinski definition) is 4. The Morgan fingerprint density at radius 1 is 1.24 bits per heavy atom. The summed E-state index contributed by atoms with van der Waals surface area (Å²) in [7, 11) is 1.62. The SMILES string of the molecule is COc1cc(/C=N/NC(=O)c2sc3cc(C)ccc3c2Cl)ccc1C. The minimum Gasteiger partial charge on any atom is -0.496 e. The number of carbonyl (C=O) groups excluding carboxylic acids is 1. The number of ether oxygens (including phenoxy) is 1. The molecular weight excluding hydrogens is 356 g/mol. The largest absolute Gasteiger partial charge is 0.496 e. The fraction of sp³-hybridized carbons (Fsp3) is 0.158. The molecule has 0 aliphatic carbocycles. The van der Waals surface area contributed by atoms with Crippen LogP contribution in [0.1, 0.15) is 26.4 Å². The Balaban J connectivity index is 1.77. The van der Waals surface area contributed by atoms with E-state index in [-0.39, 0.29) is 5.91 Å². The molecule has 1 amide bonds. The van der Waals surface area contributed by atoms with Gasteiger partial charge in [0.25, 0.3) is 5.91 Å². The number of fused-ring (bicyclic) bond motifs is 1. The van der Waals surface area contributed by atoms with Crippen molar-refractivity contribution in [3.05, 3.63) is 63.0 Å². The lowest BCUT2D eigenvalue weighted by atomic mass is 10.1. The van der Waals surface area contributed by atoms with Crippen LogP contribution >= 0.6 is 22.9 Å². The van der Waals surface area contributed by atoms with Crippen LogP contribution in [-0.2, 0) is 0 Å². The van der Waals surface area contributed by atoms with Gasteiger partial charge < -0.3 is 4.74 Å². The zero-order chi connectivity index (χ0) is 18.0. The van der Waals surface area contributed by atoms with Crippen molar-refractivity contribution in [1.29, 1.82) is 0 Å². The van der Waals surface area contributed by atoms with Crippen molar-refractivity contribution < 1.29 is 9.53 Å². The highest BCUT2D eigenvalue weighted by atomic mass is 35.5. The molecular formula is C19H17ClN2O2S. The Labute approximate surface area is 155 Å². The molecule has 0 radical (unpaired) electrons. The van der Waals surface area contributed by atoms with E-state index in [2.05, 4.69) is 10.5 Å². The van der Waals surface area contributed by atoms with Crippen molar-refractivity contribution in [2.24, 2.45) is 5.10 Å². The van der Waals surface area contributed by atoms with Gasteiger partial charge in [-0.15, -0.1) is 11.3 Å². The van der Waals surface area contributed by atoms with Crippen LogP contribution < -0.4 is 10.2 Å². The van der Waals surface area contributed by atoms with Gasteiger partial charge >= 0.3 is 0 Å². The van der Waals surface area contributed by atoms with E-state index < -0.39 is 0 Å². The zero-order valence-corrected chi connectivity index (χ0v) is 15.7. The number of halogens is 1. The van der Waals surface area contributed by atoms with E-state index in [0.717, 1.165) is 32.5 Å². The number of hydrogen-bond donors (Lipinski definition) is 1. The van der Waals surface area contributed by atoms with E-state index in [1.165, 1.54) is 11.3 Å². The summed E-state index contributed by atoms with van der Waals surface area (Å²) >= 11 is 7.70. The van der Waals surface area contributed by atoms with Gasteiger partial charge in [-0.25, -0.2) is 5.43 Å². The van der Waals surface area contributed by atoms with Crippen molar-refractivity contribution in [3.8, 4) is 5.75 Å². The Kier molecular flexibility index (Phi) is 5.06. The van der Waals surface area contributed by atoms with Crippen molar-refractivity contribution in [2.45, 2.75) is 13.8 Å². The average molecular weight is 373 g/mol. The second-order valence-electron chi connectivity index (χ2n) is 5.67. The van der Waals surface area contributed by atoms with Gasteiger partial charge in [0.15, 0.2) is 0 Å². The number of carbonyl (C=O) groups is 1. The van der Waals surface area contributed by atoms with Gasteiger partial charge in [-0.3, -0.25) is 4.79 Å². The molecule has 1 heterocycles. The Morgan fingerprint density at radius 3 is 2.80 bits per heavy atom. The molecule has 0 unspecified atom stereocenters. The normalized spacial score (nSPS) is 11.2. The first kappa shape index (κ1) is 17.5. The number of aryl methyl sites for hydroxylation is 2. The molecule has 2 aromatic carbocycles. The van der Waals surface area contributed by atoms with Crippen LogP contribution in [-0.4, -0.2) is 19.2 Å². The zero-order valence-electron chi connectivity index (χ0n) is 14.1. The Bertz CT molecular complexity index is 979. The average Bonchev–Trinajstić information content (AvgIpc) is 2.92. The molecule has 0 aliphatic rings. The summed E-state index contributed by atoms with van der Waals surface area (Å²) in [6, 6.07) is 11.6. The van der Waals surface area contributed by atoms with Gasteiger partial charge in [-0.1, -0.05) is 35.9 Å². The van der Waals surface area contributed by atoms with E-state index in [1.807, 2.05) is 50.2 Å². The molecule has 4 nitrogen and oxygen atoms in total. The number of nitrogens with one attached hydrogen (secondary N) is 1. The topological polar surface area (TPSA) is 50.7 Å². The lowest BCUT2D eigenvalue weighted by molar-refractivity contribution is 0.0959. The summed E-state index contributed by atoms with van der Waals surface area (Å²) in [5.74, 6) is 0.456. The summed E-state index contributed by atoms with van der Waals surface area (Å²) in [6.45, 7) is 3.97.